The predicted octanol–water partition coefficient (Wildman–Crippen LogP) is 0.957. The van der Waals surface area contributed by atoms with Crippen molar-refractivity contribution in [3.63, 3.8) is 0 Å². The number of rotatable bonds is 5. The van der Waals surface area contributed by atoms with Crippen LogP contribution in [0.15, 0.2) is 18.2 Å². The third-order valence-corrected chi connectivity index (χ3v) is 2.49. The average molecular weight is 250 g/mol. The number of hydrogen-bond acceptors (Lipinski definition) is 3. The van der Waals surface area contributed by atoms with Crippen molar-refractivity contribution in [1.82, 2.24) is 10.6 Å². The maximum absolute atomic E-state index is 11.8. The molecule has 3 N–H and O–H groups in total. The summed E-state index contributed by atoms with van der Waals surface area (Å²) >= 11 is 0. The standard InChI is InChI=1S/C13H18N2O3/c1-3-14-11(16)7-8-15-13(18)10-6-4-5-9(2)12(10)17/h4-6,17H,3,7-8H2,1-2H3,(H,14,16)(H,15,18). The van der Waals surface area contributed by atoms with Gasteiger partial charge in [0.05, 0.1) is 5.56 Å². The summed E-state index contributed by atoms with van der Waals surface area (Å²) in [6, 6.07) is 4.97. The lowest BCUT2D eigenvalue weighted by atomic mass is 10.1. The zero-order valence-corrected chi connectivity index (χ0v) is 10.6. The monoisotopic (exact) mass is 250 g/mol. The number of nitrogens with one attached hydrogen (secondary N) is 2. The Morgan fingerprint density at radius 3 is 2.67 bits per heavy atom. The first-order valence-electron chi connectivity index (χ1n) is 5.89. The number of phenols is 1. The van der Waals surface area contributed by atoms with Crippen molar-refractivity contribution >= 4 is 11.8 Å². The van der Waals surface area contributed by atoms with Crippen LogP contribution >= 0.6 is 0 Å². The van der Waals surface area contributed by atoms with E-state index in [0.717, 1.165) is 0 Å². The molecular weight excluding hydrogens is 232 g/mol. The molecule has 98 valence electrons. The third-order valence-electron chi connectivity index (χ3n) is 2.49. The van der Waals surface area contributed by atoms with Gasteiger partial charge >= 0.3 is 0 Å². The molecule has 0 aromatic heterocycles. The van der Waals surface area contributed by atoms with E-state index in [1.807, 2.05) is 6.92 Å². The summed E-state index contributed by atoms with van der Waals surface area (Å²) in [6.45, 7) is 4.38. The summed E-state index contributed by atoms with van der Waals surface area (Å²) in [5.41, 5.74) is 0.872. The predicted molar refractivity (Wildman–Crippen MR) is 68.5 cm³/mol. The Balaban J connectivity index is 2.51. The molecule has 0 saturated heterocycles. The van der Waals surface area contributed by atoms with Gasteiger partial charge in [0.25, 0.3) is 5.91 Å². The molecule has 1 rings (SSSR count). The highest BCUT2D eigenvalue weighted by atomic mass is 16.3. The zero-order chi connectivity index (χ0) is 13.5. The number of carbonyl (C=O) groups is 2. The highest BCUT2D eigenvalue weighted by Gasteiger charge is 2.12. The molecule has 18 heavy (non-hydrogen) atoms. The molecule has 0 bridgehead atoms. The van der Waals surface area contributed by atoms with E-state index in [-0.39, 0.29) is 36.1 Å². The van der Waals surface area contributed by atoms with E-state index in [9.17, 15) is 14.7 Å². The second-order valence-electron chi connectivity index (χ2n) is 3.93. The van der Waals surface area contributed by atoms with Crippen LogP contribution < -0.4 is 10.6 Å². The van der Waals surface area contributed by atoms with Gasteiger partial charge in [0.15, 0.2) is 0 Å². The molecule has 0 radical (unpaired) electrons. The van der Waals surface area contributed by atoms with Crippen LogP contribution in [0.5, 0.6) is 5.75 Å². The van der Waals surface area contributed by atoms with E-state index in [4.69, 9.17) is 0 Å². The fraction of sp³-hybridized carbons (Fsp3) is 0.385. The van der Waals surface area contributed by atoms with Gasteiger partial charge in [-0.05, 0) is 25.5 Å². The molecule has 0 fully saturated rings. The molecule has 0 unspecified atom stereocenters. The van der Waals surface area contributed by atoms with Crippen molar-refractivity contribution in [2.24, 2.45) is 0 Å². The first-order chi connectivity index (χ1) is 8.56. The summed E-state index contributed by atoms with van der Waals surface area (Å²) in [6.07, 6.45) is 0.228. The van der Waals surface area contributed by atoms with Gasteiger partial charge in [-0.15, -0.1) is 0 Å². The van der Waals surface area contributed by atoms with Gasteiger partial charge in [-0.25, -0.2) is 0 Å². The van der Waals surface area contributed by atoms with Crippen LogP contribution in [0, 0.1) is 6.92 Å². The van der Waals surface area contributed by atoms with Crippen molar-refractivity contribution in [2.75, 3.05) is 13.1 Å². The minimum absolute atomic E-state index is 0.0204. The van der Waals surface area contributed by atoms with Gasteiger partial charge in [0, 0.05) is 19.5 Å². The maximum atomic E-state index is 11.8. The van der Waals surface area contributed by atoms with Crippen LogP contribution in [0.2, 0.25) is 0 Å². The minimum Gasteiger partial charge on any atom is -0.507 e. The lowest BCUT2D eigenvalue weighted by molar-refractivity contribution is -0.120. The minimum atomic E-state index is -0.375. The Labute approximate surface area is 106 Å². The lowest BCUT2D eigenvalue weighted by Gasteiger charge is -2.08. The second kappa shape index (κ2) is 6.64. The zero-order valence-electron chi connectivity index (χ0n) is 10.6. The van der Waals surface area contributed by atoms with Crippen molar-refractivity contribution in [3.05, 3.63) is 29.3 Å². The Bertz CT molecular complexity index is 444. The van der Waals surface area contributed by atoms with Crippen LogP contribution in [0.1, 0.15) is 29.3 Å². The molecule has 5 nitrogen and oxygen atoms in total. The molecule has 0 aliphatic rings. The van der Waals surface area contributed by atoms with E-state index in [0.29, 0.717) is 12.1 Å². The summed E-state index contributed by atoms with van der Waals surface area (Å²) in [5.74, 6) is -0.500. The number of para-hydroxylation sites is 1. The van der Waals surface area contributed by atoms with Crippen molar-refractivity contribution < 1.29 is 14.7 Å². The summed E-state index contributed by atoms with van der Waals surface area (Å²) in [5, 5.41) is 15.0. The molecule has 5 heteroatoms. The largest absolute Gasteiger partial charge is 0.507 e. The number of aromatic hydroxyl groups is 1. The Kier molecular flexibility index (Phi) is 5.17. The SMILES string of the molecule is CCNC(=O)CCNC(=O)c1cccc(C)c1O. The van der Waals surface area contributed by atoms with E-state index >= 15 is 0 Å². The van der Waals surface area contributed by atoms with Crippen LogP contribution in [0.4, 0.5) is 0 Å². The number of phenolic OH excluding ortho intramolecular Hbond substituents is 1. The smallest absolute Gasteiger partial charge is 0.255 e. The van der Waals surface area contributed by atoms with Crippen LogP contribution in [-0.2, 0) is 4.79 Å². The summed E-state index contributed by atoms with van der Waals surface area (Å²) in [4.78, 5) is 22.9. The van der Waals surface area contributed by atoms with Crippen LogP contribution in [-0.4, -0.2) is 30.0 Å². The molecular formula is C13H18N2O3. The molecule has 0 aliphatic carbocycles. The fourth-order valence-corrected chi connectivity index (χ4v) is 1.51. The maximum Gasteiger partial charge on any atom is 0.255 e. The number of amides is 2. The number of carbonyl (C=O) groups excluding carboxylic acids is 2. The molecule has 1 aromatic rings. The Morgan fingerprint density at radius 1 is 1.28 bits per heavy atom. The van der Waals surface area contributed by atoms with Gasteiger partial charge in [-0.1, -0.05) is 12.1 Å². The van der Waals surface area contributed by atoms with E-state index in [1.54, 1.807) is 25.1 Å². The third kappa shape index (κ3) is 3.76. The lowest BCUT2D eigenvalue weighted by Crippen LogP contribution is -2.30. The van der Waals surface area contributed by atoms with Gasteiger partial charge in [-0.3, -0.25) is 9.59 Å². The van der Waals surface area contributed by atoms with Crippen molar-refractivity contribution in [2.45, 2.75) is 20.3 Å². The van der Waals surface area contributed by atoms with E-state index in [2.05, 4.69) is 10.6 Å². The molecule has 0 spiro atoms. The Morgan fingerprint density at radius 2 is 2.00 bits per heavy atom. The van der Waals surface area contributed by atoms with Gasteiger partial charge in [0.2, 0.25) is 5.91 Å². The number of hydrogen-bond donors (Lipinski definition) is 3. The molecule has 2 amide bonds. The van der Waals surface area contributed by atoms with Crippen molar-refractivity contribution in [1.29, 1.82) is 0 Å². The fourth-order valence-electron chi connectivity index (χ4n) is 1.51. The van der Waals surface area contributed by atoms with E-state index in [1.165, 1.54) is 0 Å². The van der Waals surface area contributed by atoms with Gasteiger partial charge < -0.3 is 15.7 Å². The Hall–Kier alpha value is -2.04. The normalized spacial score (nSPS) is 9.89. The first-order valence-corrected chi connectivity index (χ1v) is 5.89. The number of aryl methyl sites for hydroxylation is 1. The van der Waals surface area contributed by atoms with Gasteiger partial charge in [-0.2, -0.15) is 0 Å². The van der Waals surface area contributed by atoms with Crippen LogP contribution in [0.3, 0.4) is 0 Å². The van der Waals surface area contributed by atoms with Gasteiger partial charge in [0.1, 0.15) is 5.75 Å². The van der Waals surface area contributed by atoms with Crippen LogP contribution in [0.25, 0.3) is 0 Å². The second-order valence-corrected chi connectivity index (χ2v) is 3.93. The quantitative estimate of drug-likeness (QED) is 0.728. The molecule has 0 heterocycles. The molecule has 0 atom stereocenters. The van der Waals surface area contributed by atoms with E-state index < -0.39 is 0 Å². The molecule has 1 aromatic carbocycles. The molecule has 0 saturated carbocycles. The molecule has 0 aliphatic heterocycles. The highest BCUT2D eigenvalue weighted by Crippen LogP contribution is 2.20. The highest BCUT2D eigenvalue weighted by molar-refractivity contribution is 5.97. The topological polar surface area (TPSA) is 78.4 Å². The summed E-state index contributed by atoms with van der Waals surface area (Å²) < 4.78 is 0. The first kappa shape index (κ1) is 14.0. The summed E-state index contributed by atoms with van der Waals surface area (Å²) in [7, 11) is 0. The van der Waals surface area contributed by atoms with Crippen molar-refractivity contribution in [3.8, 4) is 5.75 Å². The number of benzene rings is 1. The average Bonchev–Trinajstić information content (AvgIpc) is 2.33.